The van der Waals surface area contributed by atoms with Gasteiger partial charge in [0.1, 0.15) is 0 Å². The van der Waals surface area contributed by atoms with Crippen molar-refractivity contribution < 1.29 is 9.47 Å². The predicted octanol–water partition coefficient (Wildman–Crippen LogP) is 3.58. The summed E-state index contributed by atoms with van der Waals surface area (Å²) in [6.45, 7) is 2.03. The van der Waals surface area contributed by atoms with E-state index in [0.29, 0.717) is 0 Å². The molecule has 4 rings (SSSR count). The molecule has 0 spiro atoms. The quantitative estimate of drug-likeness (QED) is 0.849. The molecule has 0 saturated carbocycles. The molecule has 2 aromatic rings. The summed E-state index contributed by atoms with van der Waals surface area (Å²) in [5, 5.41) is 6.86. The van der Waals surface area contributed by atoms with Crippen LogP contribution in [0, 0.1) is 0 Å². The second kappa shape index (κ2) is 5.05. The summed E-state index contributed by atoms with van der Waals surface area (Å²) >= 11 is 0. The second-order valence-electron chi connectivity index (χ2n) is 5.61. The van der Waals surface area contributed by atoms with Crippen LogP contribution in [0.25, 0.3) is 0 Å². The molecule has 4 nitrogen and oxygen atoms in total. The minimum atomic E-state index is -0.102. The van der Waals surface area contributed by atoms with Crippen molar-refractivity contribution in [3.8, 4) is 11.5 Å². The largest absolute Gasteiger partial charge is 0.493 e. The summed E-state index contributed by atoms with van der Waals surface area (Å²) in [6, 6.07) is 16.6. The highest BCUT2D eigenvalue weighted by atomic mass is 16.5. The van der Waals surface area contributed by atoms with Gasteiger partial charge >= 0.3 is 0 Å². The molecule has 22 heavy (non-hydrogen) atoms. The number of hydrogen-bond acceptors (Lipinski definition) is 4. The third-order valence-electron chi connectivity index (χ3n) is 4.30. The van der Waals surface area contributed by atoms with Gasteiger partial charge in [-0.3, -0.25) is 5.01 Å². The Bertz CT molecular complexity index is 727. The standard InChI is InChI=1S/C18H18N2O2/c1-12-20-16(11-15(19-20)13-7-4-3-5-8-13)14-9-6-10-17(21-2)18(14)22-12/h3-10,12,16H,11H2,1-2H3/t12-,16-/m1/s1. The lowest BCUT2D eigenvalue weighted by Gasteiger charge is -2.36. The van der Waals surface area contributed by atoms with Crippen molar-refractivity contribution in [2.75, 3.05) is 7.11 Å². The van der Waals surface area contributed by atoms with Crippen molar-refractivity contribution in [1.82, 2.24) is 5.01 Å². The number of nitrogens with zero attached hydrogens (tertiary/aromatic N) is 2. The van der Waals surface area contributed by atoms with Crippen LogP contribution < -0.4 is 9.47 Å². The molecule has 112 valence electrons. The van der Waals surface area contributed by atoms with E-state index in [4.69, 9.17) is 14.6 Å². The summed E-state index contributed by atoms with van der Waals surface area (Å²) in [5.41, 5.74) is 3.43. The van der Waals surface area contributed by atoms with Gasteiger partial charge in [0.2, 0.25) is 0 Å². The van der Waals surface area contributed by atoms with Gasteiger partial charge in [-0.2, -0.15) is 5.10 Å². The number of benzene rings is 2. The van der Waals surface area contributed by atoms with E-state index < -0.39 is 0 Å². The van der Waals surface area contributed by atoms with Crippen molar-refractivity contribution >= 4 is 5.71 Å². The first-order valence-electron chi connectivity index (χ1n) is 7.52. The molecule has 2 aliphatic rings. The molecule has 0 amide bonds. The molecular formula is C18H18N2O2. The fraction of sp³-hybridized carbons (Fsp3) is 0.278. The first-order chi connectivity index (χ1) is 10.8. The minimum absolute atomic E-state index is 0.102. The van der Waals surface area contributed by atoms with Crippen LogP contribution in [0.1, 0.15) is 30.5 Å². The Morgan fingerprint density at radius 2 is 1.95 bits per heavy atom. The lowest BCUT2D eigenvalue weighted by Crippen LogP contribution is -2.38. The van der Waals surface area contributed by atoms with Gasteiger partial charge in [-0.1, -0.05) is 42.5 Å². The number of para-hydroxylation sites is 1. The molecule has 2 heterocycles. The Labute approximate surface area is 130 Å². The molecule has 0 aromatic heterocycles. The van der Waals surface area contributed by atoms with Gasteiger partial charge in [0.15, 0.2) is 17.7 Å². The summed E-state index contributed by atoms with van der Waals surface area (Å²) in [7, 11) is 1.68. The van der Waals surface area contributed by atoms with E-state index in [-0.39, 0.29) is 12.3 Å². The van der Waals surface area contributed by atoms with Crippen LogP contribution >= 0.6 is 0 Å². The van der Waals surface area contributed by atoms with Gasteiger partial charge in [-0.25, -0.2) is 0 Å². The highest BCUT2D eigenvalue weighted by Gasteiger charge is 2.39. The molecule has 0 aliphatic carbocycles. The lowest BCUT2D eigenvalue weighted by atomic mass is 9.96. The van der Waals surface area contributed by atoms with E-state index in [1.165, 1.54) is 5.56 Å². The Morgan fingerprint density at radius 1 is 1.14 bits per heavy atom. The van der Waals surface area contributed by atoms with Crippen LogP contribution in [0.3, 0.4) is 0 Å². The van der Waals surface area contributed by atoms with E-state index in [9.17, 15) is 0 Å². The zero-order valence-corrected chi connectivity index (χ0v) is 12.7. The smallest absolute Gasteiger partial charge is 0.185 e. The van der Waals surface area contributed by atoms with E-state index in [1.807, 2.05) is 37.3 Å². The van der Waals surface area contributed by atoms with Gasteiger partial charge in [-0.15, -0.1) is 0 Å². The maximum atomic E-state index is 6.05. The molecular weight excluding hydrogens is 276 g/mol. The first kappa shape index (κ1) is 13.2. The minimum Gasteiger partial charge on any atom is -0.493 e. The lowest BCUT2D eigenvalue weighted by molar-refractivity contribution is -0.00535. The molecule has 0 radical (unpaired) electrons. The van der Waals surface area contributed by atoms with Gasteiger partial charge in [0.05, 0.1) is 18.9 Å². The molecule has 2 aromatic carbocycles. The average molecular weight is 294 g/mol. The molecule has 2 atom stereocenters. The molecule has 0 N–H and O–H groups in total. The normalized spacial score (nSPS) is 22.5. The van der Waals surface area contributed by atoms with Crippen LogP contribution in [0.15, 0.2) is 53.6 Å². The maximum Gasteiger partial charge on any atom is 0.185 e. The summed E-state index contributed by atoms with van der Waals surface area (Å²) in [4.78, 5) is 0. The van der Waals surface area contributed by atoms with E-state index in [0.717, 1.165) is 29.2 Å². The number of fused-ring (bicyclic) bond motifs is 3. The second-order valence-corrected chi connectivity index (χ2v) is 5.61. The SMILES string of the molecule is COc1cccc2c1O[C@H](C)N1N=C(c3ccccc3)C[C@H]21. The first-order valence-corrected chi connectivity index (χ1v) is 7.52. The van der Waals surface area contributed by atoms with Crippen molar-refractivity contribution in [1.29, 1.82) is 0 Å². The third-order valence-corrected chi connectivity index (χ3v) is 4.30. The average Bonchev–Trinajstić information content (AvgIpc) is 3.02. The van der Waals surface area contributed by atoms with Crippen LogP contribution in [-0.2, 0) is 0 Å². The molecule has 0 saturated heterocycles. The fourth-order valence-electron chi connectivity index (χ4n) is 3.23. The Kier molecular flexibility index (Phi) is 3.03. The fourth-order valence-corrected chi connectivity index (χ4v) is 3.23. The van der Waals surface area contributed by atoms with E-state index in [2.05, 4.69) is 23.2 Å². The predicted molar refractivity (Wildman–Crippen MR) is 85.3 cm³/mol. The summed E-state index contributed by atoms with van der Waals surface area (Å²) in [5.74, 6) is 1.64. The number of hydrazone groups is 1. The zero-order valence-electron chi connectivity index (χ0n) is 12.7. The van der Waals surface area contributed by atoms with Gasteiger partial charge in [0.25, 0.3) is 0 Å². The molecule has 0 unspecified atom stereocenters. The summed E-state index contributed by atoms with van der Waals surface area (Å²) < 4.78 is 11.5. The third kappa shape index (κ3) is 1.95. The van der Waals surface area contributed by atoms with Gasteiger partial charge < -0.3 is 9.47 Å². The number of hydrogen-bond donors (Lipinski definition) is 0. The van der Waals surface area contributed by atoms with Crippen molar-refractivity contribution in [2.24, 2.45) is 5.10 Å². The van der Waals surface area contributed by atoms with Crippen molar-refractivity contribution in [2.45, 2.75) is 25.6 Å². The Balaban J connectivity index is 1.74. The van der Waals surface area contributed by atoms with E-state index >= 15 is 0 Å². The van der Waals surface area contributed by atoms with Gasteiger partial charge in [0, 0.05) is 12.0 Å². The Morgan fingerprint density at radius 3 is 2.73 bits per heavy atom. The summed E-state index contributed by atoms with van der Waals surface area (Å²) in [6.07, 6.45) is 0.785. The van der Waals surface area contributed by atoms with Crippen LogP contribution in [0.4, 0.5) is 0 Å². The van der Waals surface area contributed by atoms with Crippen molar-refractivity contribution in [3.63, 3.8) is 0 Å². The maximum absolute atomic E-state index is 6.05. The van der Waals surface area contributed by atoms with Crippen molar-refractivity contribution in [3.05, 3.63) is 59.7 Å². The molecule has 0 bridgehead atoms. The monoisotopic (exact) mass is 294 g/mol. The number of rotatable bonds is 2. The highest BCUT2D eigenvalue weighted by molar-refractivity contribution is 6.01. The van der Waals surface area contributed by atoms with Crippen LogP contribution in [0.5, 0.6) is 11.5 Å². The molecule has 4 heteroatoms. The van der Waals surface area contributed by atoms with Crippen LogP contribution in [0.2, 0.25) is 0 Å². The number of methoxy groups -OCH3 is 1. The van der Waals surface area contributed by atoms with Gasteiger partial charge in [-0.05, 0) is 18.6 Å². The molecule has 2 aliphatic heterocycles. The molecule has 0 fully saturated rings. The zero-order chi connectivity index (χ0) is 15.1. The van der Waals surface area contributed by atoms with E-state index in [1.54, 1.807) is 7.11 Å². The van der Waals surface area contributed by atoms with Crippen LogP contribution in [-0.4, -0.2) is 24.1 Å². The number of ether oxygens (including phenoxy) is 2. The topological polar surface area (TPSA) is 34.1 Å². The highest BCUT2D eigenvalue weighted by Crippen LogP contribution is 2.46. The Hall–Kier alpha value is -2.49.